The molecule has 7 nitrogen and oxygen atoms in total. The van der Waals surface area contributed by atoms with Crippen molar-refractivity contribution in [3.8, 4) is 0 Å². The summed E-state index contributed by atoms with van der Waals surface area (Å²) in [5.74, 6) is -0.783. The molecule has 0 aromatic rings. The Balaban J connectivity index is 3.89. The molecule has 0 aliphatic carbocycles. The van der Waals surface area contributed by atoms with Gasteiger partial charge in [0.2, 0.25) is 5.91 Å². The summed E-state index contributed by atoms with van der Waals surface area (Å²) in [6.07, 6.45) is 6.17. The lowest BCUT2D eigenvalue weighted by Gasteiger charge is -2.19. The number of hydrogen-bond donors (Lipinski definition) is 3. The fraction of sp³-hybridized carbons (Fsp3) is 0.750. The van der Waals surface area contributed by atoms with Crippen LogP contribution in [0.2, 0.25) is 0 Å². The summed E-state index contributed by atoms with van der Waals surface area (Å²) < 4.78 is 0. The van der Waals surface area contributed by atoms with E-state index >= 15 is 0 Å². The number of primary amides is 1. The maximum atomic E-state index is 11.7. The van der Waals surface area contributed by atoms with E-state index < -0.39 is 31.0 Å². The van der Waals surface area contributed by atoms with Crippen molar-refractivity contribution < 1.29 is 19.5 Å². The Morgan fingerprint density at radius 1 is 1.15 bits per heavy atom. The number of carbonyl (C=O) groups is 3. The zero-order valence-electron chi connectivity index (χ0n) is 11.8. The number of aliphatic carboxylic acids is 1. The Hall–Kier alpha value is -1.44. The number of nitrogens with zero attached hydrogens (tertiary/aromatic N) is 1. The van der Waals surface area contributed by atoms with Gasteiger partial charge in [0.15, 0.2) is 0 Å². The molecule has 0 aliphatic heterocycles. The second kappa shape index (κ2) is 11.4. The summed E-state index contributed by atoms with van der Waals surface area (Å²) in [6, 6.07) is -0.574. The van der Waals surface area contributed by atoms with E-state index in [0.29, 0.717) is 6.54 Å². The molecule has 0 bridgehead atoms. The van der Waals surface area contributed by atoms with E-state index in [0.717, 1.165) is 36.3 Å². The van der Waals surface area contributed by atoms with Gasteiger partial charge in [0.25, 0.3) is 0 Å². The van der Waals surface area contributed by atoms with Gasteiger partial charge in [0.05, 0.1) is 0 Å². The van der Waals surface area contributed by atoms with Crippen LogP contribution < -0.4 is 11.1 Å². The summed E-state index contributed by atoms with van der Waals surface area (Å²) in [5, 5.41) is 11.3. The van der Waals surface area contributed by atoms with E-state index in [1.54, 1.807) is 0 Å². The number of thioether (sulfide) groups is 1. The van der Waals surface area contributed by atoms with Crippen LogP contribution in [-0.2, 0) is 9.59 Å². The molecule has 0 atom stereocenters. The van der Waals surface area contributed by atoms with Crippen LogP contribution in [-0.4, -0.2) is 59.6 Å². The largest absolute Gasteiger partial charge is 0.480 e. The van der Waals surface area contributed by atoms with Crippen LogP contribution in [0, 0.1) is 0 Å². The summed E-state index contributed by atoms with van der Waals surface area (Å²) in [4.78, 5) is 34.0. The predicted molar refractivity (Wildman–Crippen MR) is 78.7 cm³/mol. The summed E-state index contributed by atoms with van der Waals surface area (Å²) >= 11 is 1.81. The van der Waals surface area contributed by atoms with Crippen LogP contribution in [0.3, 0.4) is 0 Å². The molecule has 8 heteroatoms. The lowest BCUT2D eigenvalue weighted by atomic mass is 10.2. The number of hydrogen-bond acceptors (Lipinski definition) is 4. The highest BCUT2D eigenvalue weighted by atomic mass is 32.2. The molecule has 4 N–H and O–H groups in total. The molecule has 3 amide bonds. The monoisotopic (exact) mass is 305 g/mol. The van der Waals surface area contributed by atoms with E-state index in [9.17, 15) is 14.4 Å². The third-order valence-corrected chi connectivity index (χ3v) is 3.21. The van der Waals surface area contributed by atoms with E-state index in [-0.39, 0.29) is 0 Å². The molecule has 116 valence electrons. The minimum absolute atomic E-state index is 0.397. The minimum Gasteiger partial charge on any atom is -0.480 e. The highest BCUT2D eigenvalue weighted by molar-refractivity contribution is 7.98. The molecule has 0 saturated heterocycles. The standard InChI is InChI=1S/C12H23N3O4S/c1-20-7-5-3-2-4-6-14-12(19)15(8-10(13)16)9-11(17)18/h2-9H2,1H3,(H2,13,16)(H,14,19)(H,17,18). The van der Waals surface area contributed by atoms with Gasteiger partial charge in [0.1, 0.15) is 13.1 Å². The van der Waals surface area contributed by atoms with Crippen LogP contribution in [0.25, 0.3) is 0 Å². The lowest BCUT2D eigenvalue weighted by molar-refractivity contribution is -0.137. The number of carboxylic acid groups (broad SMARTS) is 1. The lowest BCUT2D eigenvalue weighted by Crippen LogP contribution is -2.46. The first kappa shape index (κ1) is 18.6. The third-order valence-electron chi connectivity index (χ3n) is 2.51. The maximum Gasteiger partial charge on any atom is 0.323 e. The molecule has 0 rings (SSSR count). The fourth-order valence-corrected chi connectivity index (χ4v) is 2.08. The van der Waals surface area contributed by atoms with Gasteiger partial charge in [-0.05, 0) is 24.9 Å². The zero-order chi connectivity index (χ0) is 15.4. The molecule has 0 aliphatic rings. The number of nitrogens with two attached hydrogens (primary N) is 1. The number of amides is 3. The maximum absolute atomic E-state index is 11.7. The van der Waals surface area contributed by atoms with Crippen LogP contribution in [0.4, 0.5) is 4.79 Å². The Morgan fingerprint density at radius 3 is 2.35 bits per heavy atom. The number of carbonyl (C=O) groups excluding carboxylic acids is 2. The molecule has 0 aromatic carbocycles. The number of urea groups is 1. The average Bonchev–Trinajstić information content (AvgIpc) is 2.35. The SMILES string of the molecule is CSCCCCCCNC(=O)N(CC(N)=O)CC(=O)O. The molecule has 0 radical (unpaired) electrons. The first-order valence-electron chi connectivity index (χ1n) is 6.49. The van der Waals surface area contributed by atoms with Crippen molar-refractivity contribution in [1.29, 1.82) is 0 Å². The average molecular weight is 305 g/mol. The molecule has 0 heterocycles. The molecule has 0 unspecified atom stereocenters. The smallest absolute Gasteiger partial charge is 0.323 e. The van der Waals surface area contributed by atoms with Gasteiger partial charge in [0, 0.05) is 6.54 Å². The van der Waals surface area contributed by atoms with Crippen molar-refractivity contribution in [2.75, 3.05) is 31.6 Å². The first-order valence-corrected chi connectivity index (χ1v) is 7.88. The van der Waals surface area contributed by atoms with Crippen LogP contribution in [0.15, 0.2) is 0 Å². The van der Waals surface area contributed by atoms with Gasteiger partial charge >= 0.3 is 12.0 Å². The van der Waals surface area contributed by atoms with Crippen molar-refractivity contribution in [1.82, 2.24) is 10.2 Å². The zero-order valence-corrected chi connectivity index (χ0v) is 12.6. The highest BCUT2D eigenvalue weighted by Crippen LogP contribution is 2.04. The van der Waals surface area contributed by atoms with Gasteiger partial charge in [-0.2, -0.15) is 11.8 Å². The second-order valence-electron chi connectivity index (χ2n) is 4.36. The molecule has 0 spiro atoms. The van der Waals surface area contributed by atoms with Crippen LogP contribution in [0.5, 0.6) is 0 Å². The van der Waals surface area contributed by atoms with Gasteiger partial charge < -0.3 is 21.1 Å². The van der Waals surface area contributed by atoms with Crippen LogP contribution >= 0.6 is 11.8 Å². The van der Waals surface area contributed by atoms with Gasteiger partial charge in [-0.15, -0.1) is 0 Å². The van der Waals surface area contributed by atoms with E-state index in [2.05, 4.69) is 11.6 Å². The number of nitrogens with one attached hydrogen (secondary N) is 1. The molecule has 0 fully saturated rings. The third kappa shape index (κ3) is 10.5. The molecular formula is C12H23N3O4S. The minimum atomic E-state index is -1.18. The van der Waals surface area contributed by atoms with E-state index in [4.69, 9.17) is 10.8 Å². The summed E-state index contributed by atoms with van der Waals surface area (Å²) in [5.41, 5.74) is 4.97. The number of unbranched alkanes of at least 4 members (excludes halogenated alkanes) is 3. The molecule has 0 saturated carbocycles. The summed E-state index contributed by atoms with van der Waals surface area (Å²) in [6.45, 7) is -0.471. The topological polar surface area (TPSA) is 113 Å². The van der Waals surface area contributed by atoms with E-state index in [1.807, 2.05) is 11.8 Å². The Labute approximate surface area is 123 Å². The Kier molecular flexibility index (Phi) is 10.6. The van der Waals surface area contributed by atoms with Gasteiger partial charge in [-0.25, -0.2) is 4.79 Å². The number of carboxylic acids is 1. The predicted octanol–water partition coefficient (Wildman–Crippen LogP) is 0.491. The van der Waals surface area contributed by atoms with Crippen molar-refractivity contribution in [3.05, 3.63) is 0 Å². The van der Waals surface area contributed by atoms with E-state index in [1.165, 1.54) is 0 Å². The quantitative estimate of drug-likeness (QED) is 0.481. The highest BCUT2D eigenvalue weighted by Gasteiger charge is 2.17. The van der Waals surface area contributed by atoms with Crippen molar-refractivity contribution >= 4 is 29.7 Å². The Bertz CT molecular complexity index is 310. The normalized spacial score (nSPS) is 10.1. The number of rotatable bonds is 11. The fourth-order valence-electron chi connectivity index (χ4n) is 1.58. The van der Waals surface area contributed by atoms with Crippen LogP contribution in [0.1, 0.15) is 25.7 Å². The molecule has 0 aromatic heterocycles. The second-order valence-corrected chi connectivity index (χ2v) is 5.34. The van der Waals surface area contributed by atoms with Crippen molar-refractivity contribution in [3.63, 3.8) is 0 Å². The van der Waals surface area contributed by atoms with Gasteiger partial charge in [-0.1, -0.05) is 12.8 Å². The first-order chi connectivity index (χ1) is 9.47. The Morgan fingerprint density at radius 2 is 1.80 bits per heavy atom. The molecular weight excluding hydrogens is 282 g/mol. The van der Waals surface area contributed by atoms with Gasteiger partial charge in [-0.3, -0.25) is 9.59 Å². The van der Waals surface area contributed by atoms with Crippen molar-refractivity contribution in [2.45, 2.75) is 25.7 Å². The van der Waals surface area contributed by atoms with Crippen molar-refractivity contribution in [2.24, 2.45) is 5.73 Å². The molecule has 20 heavy (non-hydrogen) atoms. The summed E-state index contributed by atoms with van der Waals surface area (Å²) in [7, 11) is 0.